The highest BCUT2D eigenvalue weighted by Gasteiger charge is 2.31. The van der Waals surface area contributed by atoms with E-state index in [-0.39, 0.29) is 12.0 Å². The van der Waals surface area contributed by atoms with E-state index in [1.807, 2.05) is 20.8 Å². The first-order valence-electron chi connectivity index (χ1n) is 5.34. The lowest BCUT2D eigenvalue weighted by Crippen LogP contribution is -2.40. The molecule has 0 aliphatic heterocycles. The highest BCUT2D eigenvalue weighted by molar-refractivity contribution is 5.81. The fraction of sp³-hybridized carbons (Fsp3) is 0.909. The maximum atomic E-state index is 11.6. The van der Waals surface area contributed by atoms with Gasteiger partial charge in [-0.25, -0.2) is 0 Å². The fourth-order valence-electron chi connectivity index (χ4n) is 1.07. The lowest BCUT2D eigenvalue weighted by atomic mass is 9.87. The molecule has 1 amide bonds. The molecule has 0 aromatic carbocycles. The van der Waals surface area contributed by atoms with E-state index in [2.05, 4.69) is 12.2 Å². The van der Waals surface area contributed by atoms with Crippen LogP contribution in [0.15, 0.2) is 0 Å². The predicted octanol–water partition coefficient (Wildman–Crippen LogP) is 1.96. The van der Waals surface area contributed by atoms with Crippen LogP contribution in [0.1, 0.15) is 40.5 Å². The summed E-state index contributed by atoms with van der Waals surface area (Å²) in [6, 6.07) is 0. The first-order valence-corrected chi connectivity index (χ1v) is 5.34. The fourth-order valence-corrected chi connectivity index (χ4v) is 1.07. The molecule has 0 heterocycles. The Balaban J connectivity index is 4.19. The van der Waals surface area contributed by atoms with E-state index >= 15 is 0 Å². The molecule has 1 N–H and O–H groups in total. The molecule has 0 aliphatic rings. The summed E-state index contributed by atoms with van der Waals surface area (Å²) in [4.78, 5) is 11.6. The number of carbonyl (C=O) groups is 1. The van der Waals surface area contributed by atoms with Gasteiger partial charge in [-0.1, -0.05) is 13.8 Å². The van der Waals surface area contributed by atoms with Crippen molar-refractivity contribution in [2.75, 3.05) is 13.7 Å². The Morgan fingerprint density at radius 3 is 2.43 bits per heavy atom. The molecular formula is C11H23NO2. The van der Waals surface area contributed by atoms with Crippen LogP contribution < -0.4 is 5.32 Å². The zero-order chi connectivity index (χ0) is 11.2. The van der Waals surface area contributed by atoms with Crippen LogP contribution >= 0.6 is 0 Å². The molecule has 3 nitrogen and oxygen atoms in total. The molecular weight excluding hydrogens is 178 g/mol. The molecule has 0 aliphatic carbocycles. The van der Waals surface area contributed by atoms with E-state index < -0.39 is 5.41 Å². The van der Waals surface area contributed by atoms with Crippen LogP contribution in [-0.2, 0) is 9.53 Å². The van der Waals surface area contributed by atoms with Gasteiger partial charge < -0.3 is 10.1 Å². The number of nitrogens with one attached hydrogen (secondary N) is 1. The molecule has 0 aromatic heterocycles. The second-order valence-corrected chi connectivity index (χ2v) is 4.02. The van der Waals surface area contributed by atoms with Gasteiger partial charge in [0.05, 0.1) is 18.1 Å². The quantitative estimate of drug-likeness (QED) is 0.713. The van der Waals surface area contributed by atoms with Crippen molar-refractivity contribution < 1.29 is 9.53 Å². The largest absolute Gasteiger partial charge is 0.377 e. The maximum Gasteiger partial charge on any atom is 0.228 e. The first kappa shape index (κ1) is 13.4. The lowest BCUT2D eigenvalue weighted by molar-refractivity contribution is -0.134. The minimum atomic E-state index is -0.391. The molecule has 0 radical (unpaired) electrons. The number of carbonyl (C=O) groups excluding carboxylic acids is 1. The minimum absolute atomic E-state index is 0.0586. The molecule has 2 unspecified atom stereocenters. The normalized spacial score (nSPS) is 17.2. The standard InChI is InChI=1S/C11H23NO2/c1-6-9(3)14-8-11(4,7-2)10(13)12-5/h9H,6-8H2,1-5H3,(H,12,13). The first-order chi connectivity index (χ1) is 6.50. The molecule has 3 heteroatoms. The Hall–Kier alpha value is -0.570. The van der Waals surface area contributed by atoms with Gasteiger partial charge >= 0.3 is 0 Å². The van der Waals surface area contributed by atoms with Crippen molar-refractivity contribution in [2.24, 2.45) is 5.41 Å². The average molecular weight is 201 g/mol. The van der Waals surface area contributed by atoms with E-state index in [4.69, 9.17) is 4.74 Å². The van der Waals surface area contributed by atoms with Crippen LogP contribution in [0, 0.1) is 5.41 Å². The summed E-state index contributed by atoms with van der Waals surface area (Å²) < 4.78 is 5.61. The van der Waals surface area contributed by atoms with Gasteiger partial charge in [0, 0.05) is 7.05 Å². The molecule has 0 rings (SSSR count). The third-order valence-electron chi connectivity index (χ3n) is 2.82. The highest BCUT2D eigenvalue weighted by atomic mass is 16.5. The number of hydrogen-bond acceptors (Lipinski definition) is 2. The molecule has 84 valence electrons. The van der Waals surface area contributed by atoms with Gasteiger partial charge in [-0.05, 0) is 26.7 Å². The van der Waals surface area contributed by atoms with Gasteiger partial charge in [0.25, 0.3) is 0 Å². The summed E-state index contributed by atoms with van der Waals surface area (Å²) >= 11 is 0. The summed E-state index contributed by atoms with van der Waals surface area (Å²) in [6.07, 6.45) is 2.00. The van der Waals surface area contributed by atoms with Crippen molar-refractivity contribution in [1.82, 2.24) is 5.32 Å². The predicted molar refractivity (Wildman–Crippen MR) is 58.2 cm³/mol. The van der Waals surface area contributed by atoms with Crippen LogP contribution in [0.25, 0.3) is 0 Å². The van der Waals surface area contributed by atoms with Crippen molar-refractivity contribution >= 4 is 5.91 Å². The molecule has 2 atom stereocenters. The Morgan fingerprint density at radius 2 is 2.07 bits per heavy atom. The van der Waals surface area contributed by atoms with Crippen LogP contribution in [-0.4, -0.2) is 25.7 Å². The van der Waals surface area contributed by atoms with Crippen LogP contribution in [0.5, 0.6) is 0 Å². The Morgan fingerprint density at radius 1 is 1.50 bits per heavy atom. The Labute approximate surface area is 87.2 Å². The van der Waals surface area contributed by atoms with Gasteiger partial charge in [0.1, 0.15) is 0 Å². The zero-order valence-electron chi connectivity index (χ0n) is 10.0. The molecule has 0 saturated carbocycles. The van der Waals surface area contributed by atoms with Crippen molar-refractivity contribution in [3.63, 3.8) is 0 Å². The van der Waals surface area contributed by atoms with E-state index in [0.717, 1.165) is 12.8 Å². The van der Waals surface area contributed by atoms with E-state index in [1.165, 1.54) is 0 Å². The summed E-state index contributed by atoms with van der Waals surface area (Å²) in [7, 11) is 1.67. The SMILES string of the molecule is CCC(C)OCC(C)(CC)C(=O)NC. The zero-order valence-corrected chi connectivity index (χ0v) is 10.0. The van der Waals surface area contributed by atoms with Crippen molar-refractivity contribution in [2.45, 2.75) is 46.6 Å². The smallest absolute Gasteiger partial charge is 0.228 e. The van der Waals surface area contributed by atoms with Gasteiger partial charge in [-0.3, -0.25) is 4.79 Å². The second kappa shape index (κ2) is 6.02. The average Bonchev–Trinajstić information content (AvgIpc) is 2.23. The molecule has 0 saturated heterocycles. The van der Waals surface area contributed by atoms with Gasteiger partial charge in [-0.2, -0.15) is 0 Å². The van der Waals surface area contributed by atoms with Crippen LogP contribution in [0.4, 0.5) is 0 Å². The van der Waals surface area contributed by atoms with Crippen LogP contribution in [0.3, 0.4) is 0 Å². The molecule has 0 fully saturated rings. The number of rotatable bonds is 6. The van der Waals surface area contributed by atoms with Gasteiger partial charge in [0.15, 0.2) is 0 Å². The molecule has 14 heavy (non-hydrogen) atoms. The number of hydrogen-bond donors (Lipinski definition) is 1. The highest BCUT2D eigenvalue weighted by Crippen LogP contribution is 2.22. The summed E-state index contributed by atoms with van der Waals surface area (Å²) in [5.41, 5.74) is -0.391. The van der Waals surface area contributed by atoms with E-state index in [9.17, 15) is 4.79 Å². The number of amides is 1. The third kappa shape index (κ3) is 3.66. The van der Waals surface area contributed by atoms with Crippen molar-refractivity contribution in [1.29, 1.82) is 0 Å². The third-order valence-corrected chi connectivity index (χ3v) is 2.82. The second-order valence-electron chi connectivity index (χ2n) is 4.02. The van der Waals surface area contributed by atoms with Crippen LogP contribution in [0.2, 0.25) is 0 Å². The topological polar surface area (TPSA) is 38.3 Å². The summed E-state index contributed by atoms with van der Waals surface area (Å²) in [5, 5.41) is 2.68. The number of ether oxygens (including phenoxy) is 1. The molecule has 0 aromatic rings. The van der Waals surface area contributed by atoms with Crippen molar-refractivity contribution in [3.05, 3.63) is 0 Å². The summed E-state index contributed by atoms with van der Waals surface area (Å²) in [6.45, 7) is 8.55. The Kier molecular flexibility index (Phi) is 5.77. The van der Waals surface area contributed by atoms with E-state index in [1.54, 1.807) is 7.05 Å². The van der Waals surface area contributed by atoms with Crippen molar-refractivity contribution in [3.8, 4) is 0 Å². The monoisotopic (exact) mass is 201 g/mol. The maximum absolute atomic E-state index is 11.6. The lowest BCUT2D eigenvalue weighted by Gasteiger charge is -2.27. The van der Waals surface area contributed by atoms with E-state index in [0.29, 0.717) is 6.61 Å². The minimum Gasteiger partial charge on any atom is -0.377 e. The molecule has 0 bridgehead atoms. The van der Waals surface area contributed by atoms with Gasteiger partial charge in [0.2, 0.25) is 5.91 Å². The molecule has 0 spiro atoms. The Bertz CT molecular complexity index is 182. The summed E-state index contributed by atoms with van der Waals surface area (Å²) in [5.74, 6) is 0.0586. The van der Waals surface area contributed by atoms with Gasteiger partial charge in [-0.15, -0.1) is 0 Å².